The van der Waals surface area contributed by atoms with Crippen LogP contribution in [0.25, 0.3) is 44.5 Å². The fourth-order valence-electron chi connectivity index (χ4n) is 3.42. The molecule has 5 aromatic rings. The zero-order valence-electron chi connectivity index (χ0n) is 14.8. The fraction of sp³-hybridized carbons (Fsp3) is 0.0417. The number of methoxy groups -OCH3 is 1. The molecule has 1 heterocycles. The van der Waals surface area contributed by atoms with E-state index in [2.05, 4.69) is 42.5 Å². The van der Waals surface area contributed by atoms with Crippen LogP contribution in [0, 0.1) is 0 Å². The molecule has 130 valence electrons. The lowest BCUT2D eigenvalue weighted by atomic mass is 9.99. The van der Waals surface area contributed by atoms with Gasteiger partial charge in [-0.1, -0.05) is 54.6 Å². The van der Waals surface area contributed by atoms with E-state index < -0.39 is 0 Å². The van der Waals surface area contributed by atoms with Crippen LogP contribution in [0.5, 0.6) is 5.75 Å². The molecule has 4 aromatic carbocycles. The minimum absolute atomic E-state index is 0.631. The van der Waals surface area contributed by atoms with Crippen molar-refractivity contribution in [2.45, 2.75) is 0 Å². The van der Waals surface area contributed by atoms with E-state index in [0.717, 1.165) is 44.3 Å². The van der Waals surface area contributed by atoms with Crippen molar-refractivity contribution in [3.63, 3.8) is 0 Å². The molecule has 0 saturated carbocycles. The maximum Gasteiger partial charge on any atom is 0.227 e. The monoisotopic (exact) mass is 351 g/mol. The molecule has 5 rings (SSSR count). The van der Waals surface area contributed by atoms with Gasteiger partial charge < -0.3 is 9.15 Å². The van der Waals surface area contributed by atoms with Crippen molar-refractivity contribution < 1.29 is 9.15 Å². The Morgan fingerprint density at radius 2 is 1.41 bits per heavy atom. The molecule has 0 amide bonds. The van der Waals surface area contributed by atoms with Crippen molar-refractivity contribution in [2.75, 3.05) is 7.11 Å². The first-order chi connectivity index (χ1) is 13.3. The lowest BCUT2D eigenvalue weighted by Crippen LogP contribution is -1.86. The molecule has 0 unspecified atom stereocenters. The van der Waals surface area contributed by atoms with E-state index in [9.17, 15) is 0 Å². The average Bonchev–Trinajstić information content (AvgIpc) is 3.15. The highest BCUT2D eigenvalue weighted by Gasteiger charge is 2.14. The molecule has 0 atom stereocenters. The number of benzene rings is 4. The molecule has 0 fully saturated rings. The lowest BCUT2D eigenvalue weighted by molar-refractivity contribution is 0.415. The molecule has 0 N–H and O–H groups in total. The van der Waals surface area contributed by atoms with E-state index >= 15 is 0 Å². The van der Waals surface area contributed by atoms with Gasteiger partial charge >= 0.3 is 0 Å². The Hall–Kier alpha value is -3.59. The first kappa shape index (κ1) is 15.6. The summed E-state index contributed by atoms with van der Waals surface area (Å²) in [5.41, 5.74) is 4.82. The number of hydrogen-bond acceptors (Lipinski definition) is 3. The third-order valence-corrected chi connectivity index (χ3v) is 4.81. The third-order valence-electron chi connectivity index (χ3n) is 4.81. The summed E-state index contributed by atoms with van der Waals surface area (Å²) >= 11 is 0. The smallest absolute Gasteiger partial charge is 0.227 e. The van der Waals surface area contributed by atoms with Crippen molar-refractivity contribution in [2.24, 2.45) is 0 Å². The van der Waals surface area contributed by atoms with Crippen LogP contribution in [-0.4, -0.2) is 12.1 Å². The number of ether oxygens (including phenoxy) is 1. The van der Waals surface area contributed by atoms with E-state index in [0.29, 0.717) is 5.89 Å². The quantitative estimate of drug-likeness (QED) is 0.381. The van der Waals surface area contributed by atoms with E-state index in [1.165, 1.54) is 0 Å². The fourth-order valence-corrected chi connectivity index (χ4v) is 3.42. The minimum Gasteiger partial charge on any atom is -0.497 e. The second-order valence-electron chi connectivity index (χ2n) is 6.46. The van der Waals surface area contributed by atoms with Crippen molar-refractivity contribution in [1.82, 2.24) is 4.98 Å². The van der Waals surface area contributed by atoms with Gasteiger partial charge in [0.05, 0.1) is 7.11 Å². The molecule has 0 aliphatic carbocycles. The summed E-state index contributed by atoms with van der Waals surface area (Å²) in [5, 5.41) is 2.31. The number of fused-ring (bicyclic) bond motifs is 2. The van der Waals surface area contributed by atoms with Gasteiger partial charge in [-0.3, -0.25) is 0 Å². The Kier molecular flexibility index (Phi) is 3.65. The summed E-state index contributed by atoms with van der Waals surface area (Å²) in [6.45, 7) is 0. The summed E-state index contributed by atoms with van der Waals surface area (Å²) in [6, 6.07) is 28.6. The van der Waals surface area contributed by atoms with Crippen LogP contribution < -0.4 is 4.74 Å². The van der Waals surface area contributed by atoms with Crippen LogP contribution >= 0.6 is 0 Å². The molecule has 0 aliphatic heterocycles. The standard InChI is InChI=1S/C24H17NO2/c1-26-19-12-10-16(11-13-19)20-8-4-5-9-21(20)24-25-22-14-17-6-2-3-7-18(17)15-23(22)27-24/h2-15H,1H3. The Balaban J connectivity index is 1.67. The van der Waals surface area contributed by atoms with E-state index in [-0.39, 0.29) is 0 Å². The van der Waals surface area contributed by atoms with E-state index in [1.54, 1.807) is 7.11 Å². The molecule has 27 heavy (non-hydrogen) atoms. The average molecular weight is 351 g/mol. The van der Waals surface area contributed by atoms with Gasteiger partial charge in [-0.05, 0) is 52.2 Å². The topological polar surface area (TPSA) is 35.3 Å². The second kappa shape index (κ2) is 6.29. The molecule has 3 nitrogen and oxygen atoms in total. The van der Waals surface area contributed by atoms with Gasteiger partial charge in [0.15, 0.2) is 5.58 Å². The SMILES string of the molecule is COc1ccc(-c2ccccc2-c2nc3cc4ccccc4cc3o2)cc1. The van der Waals surface area contributed by atoms with Crippen LogP contribution in [0.2, 0.25) is 0 Å². The van der Waals surface area contributed by atoms with Crippen molar-refractivity contribution in [3.05, 3.63) is 84.9 Å². The third kappa shape index (κ3) is 2.74. The van der Waals surface area contributed by atoms with Gasteiger partial charge in [-0.15, -0.1) is 0 Å². The summed E-state index contributed by atoms with van der Waals surface area (Å²) in [6.07, 6.45) is 0. The predicted molar refractivity (Wildman–Crippen MR) is 109 cm³/mol. The Morgan fingerprint density at radius 3 is 2.15 bits per heavy atom. The van der Waals surface area contributed by atoms with E-state index in [4.69, 9.17) is 14.1 Å². The Labute approximate surface area is 156 Å². The van der Waals surface area contributed by atoms with Gasteiger partial charge in [-0.2, -0.15) is 0 Å². The van der Waals surface area contributed by atoms with Crippen LogP contribution in [0.1, 0.15) is 0 Å². The number of rotatable bonds is 3. The molecule has 0 radical (unpaired) electrons. The summed E-state index contributed by atoms with van der Waals surface area (Å²) in [7, 11) is 1.67. The normalized spacial score (nSPS) is 11.1. The van der Waals surface area contributed by atoms with Gasteiger partial charge in [0, 0.05) is 5.56 Å². The number of oxazole rings is 1. The van der Waals surface area contributed by atoms with Crippen LogP contribution in [0.3, 0.4) is 0 Å². The lowest BCUT2D eigenvalue weighted by Gasteiger charge is -2.07. The van der Waals surface area contributed by atoms with Crippen LogP contribution in [0.4, 0.5) is 0 Å². The highest BCUT2D eigenvalue weighted by molar-refractivity contribution is 5.95. The van der Waals surface area contributed by atoms with Crippen molar-refractivity contribution in [3.8, 4) is 28.3 Å². The predicted octanol–water partition coefficient (Wildman–Crippen LogP) is 6.32. The minimum atomic E-state index is 0.631. The molecule has 3 heteroatoms. The van der Waals surface area contributed by atoms with Gasteiger partial charge in [-0.25, -0.2) is 4.98 Å². The largest absolute Gasteiger partial charge is 0.497 e. The summed E-state index contributed by atoms with van der Waals surface area (Å²) < 4.78 is 11.4. The summed E-state index contributed by atoms with van der Waals surface area (Å²) in [5.74, 6) is 1.47. The highest BCUT2D eigenvalue weighted by atomic mass is 16.5. The van der Waals surface area contributed by atoms with Crippen molar-refractivity contribution >= 4 is 21.9 Å². The Bertz CT molecular complexity index is 1200. The zero-order chi connectivity index (χ0) is 18.2. The second-order valence-corrected chi connectivity index (χ2v) is 6.46. The van der Waals surface area contributed by atoms with Gasteiger partial charge in [0.25, 0.3) is 0 Å². The molecule has 0 bridgehead atoms. The molecule has 0 aliphatic rings. The number of aromatic nitrogens is 1. The van der Waals surface area contributed by atoms with Crippen LogP contribution in [-0.2, 0) is 0 Å². The Morgan fingerprint density at radius 1 is 0.741 bits per heavy atom. The maximum atomic E-state index is 6.13. The molecular formula is C24H17NO2. The molecule has 0 spiro atoms. The number of nitrogens with zero attached hydrogens (tertiary/aromatic N) is 1. The van der Waals surface area contributed by atoms with Crippen LogP contribution in [0.15, 0.2) is 89.3 Å². The molecular weight excluding hydrogens is 334 g/mol. The maximum absolute atomic E-state index is 6.13. The molecule has 1 aromatic heterocycles. The molecule has 0 saturated heterocycles. The number of hydrogen-bond donors (Lipinski definition) is 0. The van der Waals surface area contributed by atoms with Gasteiger partial charge in [0.1, 0.15) is 11.3 Å². The highest BCUT2D eigenvalue weighted by Crippen LogP contribution is 2.34. The van der Waals surface area contributed by atoms with Crippen molar-refractivity contribution in [1.29, 1.82) is 0 Å². The first-order valence-electron chi connectivity index (χ1n) is 8.85. The van der Waals surface area contributed by atoms with E-state index in [1.807, 2.05) is 42.5 Å². The van der Waals surface area contributed by atoms with Gasteiger partial charge in [0.2, 0.25) is 5.89 Å². The first-order valence-corrected chi connectivity index (χ1v) is 8.85. The zero-order valence-corrected chi connectivity index (χ0v) is 14.8. The summed E-state index contributed by atoms with van der Waals surface area (Å²) in [4.78, 5) is 4.76.